The third-order valence-electron chi connectivity index (χ3n) is 3.88. The number of benzene rings is 1. The van der Waals surface area contributed by atoms with Gasteiger partial charge in [-0.2, -0.15) is 0 Å². The van der Waals surface area contributed by atoms with E-state index in [1.54, 1.807) is 13.1 Å². The molecule has 4 nitrogen and oxygen atoms in total. The molecule has 0 amide bonds. The van der Waals surface area contributed by atoms with E-state index in [0.29, 0.717) is 11.4 Å². The van der Waals surface area contributed by atoms with Crippen molar-refractivity contribution in [1.82, 2.24) is 15.3 Å². The van der Waals surface area contributed by atoms with Crippen LogP contribution in [0.4, 0.5) is 8.78 Å². The monoisotopic (exact) mass is 321 g/mol. The van der Waals surface area contributed by atoms with Crippen LogP contribution < -0.4 is 5.32 Å². The Bertz CT molecular complexity index is 694. The second-order valence-electron chi connectivity index (χ2n) is 5.75. The molecule has 0 aliphatic heterocycles. The Balaban J connectivity index is 2.10. The van der Waals surface area contributed by atoms with Crippen LogP contribution in [-0.2, 0) is 0 Å². The first kappa shape index (κ1) is 17.4. The van der Waals surface area contributed by atoms with Crippen LogP contribution >= 0.6 is 0 Å². The molecule has 2 N–H and O–H groups in total. The highest BCUT2D eigenvalue weighted by Crippen LogP contribution is 2.22. The maximum absolute atomic E-state index is 13.3. The maximum Gasteiger partial charge on any atom is 0.159 e. The molecule has 0 aliphatic rings. The lowest BCUT2D eigenvalue weighted by atomic mass is 10.0. The van der Waals surface area contributed by atoms with Crippen LogP contribution in [0, 0.1) is 25.5 Å². The molecule has 0 radical (unpaired) electrons. The zero-order valence-corrected chi connectivity index (χ0v) is 13.6. The lowest BCUT2D eigenvalue weighted by Gasteiger charge is -2.25. The highest BCUT2D eigenvalue weighted by atomic mass is 19.2. The molecule has 0 saturated carbocycles. The fourth-order valence-corrected chi connectivity index (χ4v) is 2.58. The van der Waals surface area contributed by atoms with Gasteiger partial charge in [0.05, 0.1) is 6.10 Å². The van der Waals surface area contributed by atoms with Crippen LogP contribution in [0.5, 0.6) is 0 Å². The average molecular weight is 321 g/mol. The van der Waals surface area contributed by atoms with Gasteiger partial charge in [0.2, 0.25) is 0 Å². The number of nitrogens with one attached hydrogen (secondary N) is 1. The van der Waals surface area contributed by atoms with Crippen molar-refractivity contribution in [2.45, 2.75) is 45.9 Å². The van der Waals surface area contributed by atoms with Crippen LogP contribution in [0.2, 0.25) is 0 Å². The Hall–Kier alpha value is -1.92. The van der Waals surface area contributed by atoms with Gasteiger partial charge in [-0.1, -0.05) is 6.07 Å². The third-order valence-corrected chi connectivity index (χ3v) is 3.88. The fourth-order valence-electron chi connectivity index (χ4n) is 2.58. The summed E-state index contributed by atoms with van der Waals surface area (Å²) in [6.45, 7) is 7.45. The van der Waals surface area contributed by atoms with Crippen molar-refractivity contribution in [3.63, 3.8) is 0 Å². The van der Waals surface area contributed by atoms with Crippen molar-refractivity contribution in [1.29, 1.82) is 0 Å². The summed E-state index contributed by atoms with van der Waals surface area (Å²) in [7, 11) is 0. The second-order valence-corrected chi connectivity index (χ2v) is 5.75. The first-order valence-electron chi connectivity index (χ1n) is 7.48. The summed E-state index contributed by atoms with van der Waals surface area (Å²) in [5, 5.41) is 13.6. The zero-order valence-electron chi connectivity index (χ0n) is 13.6. The number of aliphatic hydroxyl groups excluding tert-OH is 1. The molecule has 0 aliphatic carbocycles. The van der Waals surface area contributed by atoms with E-state index < -0.39 is 17.7 Å². The van der Waals surface area contributed by atoms with Crippen LogP contribution in [0.3, 0.4) is 0 Å². The van der Waals surface area contributed by atoms with E-state index in [0.717, 1.165) is 23.4 Å². The summed E-state index contributed by atoms with van der Waals surface area (Å²) in [6, 6.07) is 2.96. The summed E-state index contributed by atoms with van der Waals surface area (Å²) >= 11 is 0. The van der Waals surface area contributed by atoms with E-state index in [2.05, 4.69) is 15.3 Å². The van der Waals surface area contributed by atoms with Gasteiger partial charge in [-0.25, -0.2) is 18.7 Å². The Kier molecular flexibility index (Phi) is 5.38. The zero-order chi connectivity index (χ0) is 17.1. The minimum atomic E-state index is -0.968. The number of hydrogen-bond donors (Lipinski definition) is 2. The van der Waals surface area contributed by atoms with Gasteiger partial charge >= 0.3 is 0 Å². The molecule has 0 saturated heterocycles. The molecule has 0 bridgehead atoms. The number of aryl methyl sites for hydroxylation is 2. The number of hydrogen-bond acceptors (Lipinski definition) is 4. The summed E-state index contributed by atoms with van der Waals surface area (Å²) in [4.78, 5) is 8.51. The number of rotatable bonds is 5. The quantitative estimate of drug-likeness (QED) is 0.888. The molecule has 3 unspecified atom stereocenters. The van der Waals surface area contributed by atoms with Crippen LogP contribution in [-0.4, -0.2) is 21.1 Å². The van der Waals surface area contributed by atoms with Crippen molar-refractivity contribution in [3.05, 3.63) is 58.7 Å². The van der Waals surface area contributed by atoms with Gasteiger partial charge < -0.3 is 10.4 Å². The lowest BCUT2D eigenvalue weighted by molar-refractivity contribution is 0.130. The summed E-state index contributed by atoms with van der Waals surface area (Å²) < 4.78 is 26.3. The highest BCUT2D eigenvalue weighted by molar-refractivity contribution is 5.23. The largest absolute Gasteiger partial charge is 0.387 e. The predicted molar refractivity (Wildman–Crippen MR) is 83.8 cm³/mol. The Morgan fingerprint density at radius 3 is 2.43 bits per heavy atom. The Morgan fingerprint density at radius 1 is 1.13 bits per heavy atom. The van der Waals surface area contributed by atoms with Crippen LogP contribution in [0.15, 0.2) is 24.4 Å². The standard InChI is InChI=1S/C17H21F2N3O/c1-9(14-8-20-12(4)22-10(14)2)21-11(3)17(23)13-5-6-15(18)16(19)7-13/h5-9,11,17,21,23H,1-4H3. The van der Waals surface area contributed by atoms with Gasteiger partial charge in [0.1, 0.15) is 5.82 Å². The molecule has 1 heterocycles. The lowest BCUT2D eigenvalue weighted by Crippen LogP contribution is -2.34. The summed E-state index contributed by atoms with van der Waals surface area (Å²) in [5.41, 5.74) is 2.12. The predicted octanol–water partition coefficient (Wildman–Crippen LogP) is 3.14. The Morgan fingerprint density at radius 2 is 1.83 bits per heavy atom. The number of nitrogens with zero attached hydrogens (tertiary/aromatic N) is 2. The van der Waals surface area contributed by atoms with E-state index in [4.69, 9.17) is 0 Å². The molecule has 0 fully saturated rings. The van der Waals surface area contributed by atoms with Crippen molar-refractivity contribution in [3.8, 4) is 0 Å². The highest BCUT2D eigenvalue weighted by Gasteiger charge is 2.21. The van der Waals surface area contributed by atoms with Gasteiger partial charge in [0.25, 0.3) is 0 Å². The SMILES string of the molecule is Cc1ncc(C(C)NC(C)C(O)c2ccc(F)c(F)c2)c(C)n1. The molecule has 2 aromatic rings. The molecule has 124 valence electrons. The molecule has 23 heavy (non-hydrogen) atoms. The fraction of sp³-hybridized carbons (Fsp3) is 0.412. The smallest absolute Gasteiger partial charge is 0.159 e. The average Bonchev–Trinajstić information content (AvgIpc) is 2.49. The van der Waals surface area contributed by atoms with Gasteiger partial charge in [0.15, 0.2) is 11.6 Å². The number of halogens is 2. The van der Waals surface area contributed by atoms with Gasteiger partial charge in [-0.3, -0.25) is 0 Å². The van der Waals surface area contributed by atoms with E-state index in [1.807, 2.05) is 20.8 Å². The van der Waals surface area contributed by atoms with Gasteiger partial charge in [-0.15, -0.1) is 0 Å². The minimum Gasteiger partial charge on any atom is -0.387 e. The van der Waals surface area contributed by atoms with E-state index >= 15 is 0 Å². The first-order valence-corrected chi connectivity index (χ1v) is 7.48. The molecule has 6 heteroatoms. The van der Waals surface area contributed by atoms with Crippen molar-refractivity contribution in [2.75, 3.05) is 0 Å². The summed E-state index contributed by atoms with van der Waals surface area (Å²) in [6.07, 6.45) is 0.797. The third kappa shape index (κ3) is 4.09. The molecular formula is C17H21F2N3O. The normalized spacial score (nSPS) is 15.3. The summed E-state index contributed by atoms with van der Waals surface area (Å²) in [5.74, 6) is -1.19. The van der Waals surface area contributed by atoms with Crippen LogP contribution in [0.25, 0.3) is 0 Å². The molecule has 3 atom stereocenters. The number of aliphatic hydroxyl groups is 1. The van der Waals surface area contributed by atoms with E-state index in [9.17, 15) is 13.9 Å². The first-order chi connectivity index (χ1) is 10.8. The molecule has 2 rings (SSSR count). The Labute approximate surface area is 134 Å². The second kappa shape index (κ2) is 7.10. The topological polar surface area (TPSA) is 58.0 Å². The minimum absolute atomic E-state index is 0.0921. The van der Waals surface area contributed by atoms with Crippen molar-refractivity contribution < 1.29 is 13.9 Å². The van der Waals surface area contributed by atoms with E-state index in [1.165, 1.54) is 6.07 Å². The van der Waals surface area contributed by atoms with Crippen molar-refractivity contribution >= 4 is 0 Å². The van der Waals surface area contributed by atoms with Crippen molar-refractivity contribution in [2.24, 2.45) is 0 Å². The molecular weight excluding hydrogens is 300 g/mol. The van der Waals surface area contributed by atoms with Gasteiger partial charge in [-0.05, 0) is 45.4 Å². The van der Waals surface area contributed by atoms with Gasteiger partial charge in [0, 0.05) is 29.5 Å². The maximum atomic E-state index is 13.3. The molecule has 0 spiro atoms. The van der Waals surface area contributed by atoms with Crippen LogP contribution in [0.1, 0.15) is 48.6 Å². The molecule has 1 aromatic heterocycles. The van der Waals surface area contributed by atoms with E-state index in [-0.39, 0.29) is 12.1 Å². The molecule has 1 aromatic carbocycles. The number of aromatic nitrogens is 2.